The van der Waals surface area contributed by atoms with Crippen LogP contribution in [0, 0.1) is 17.1 Å². The molecule has 7 heteroatoms. The van der Waals surface area contributed by atoms with E-state index in [0.717, 1.165) is 38.3 Å². The fourth-order valence-corrected chi connectivity index (χ4v) is 3.43. The van der Waals surface area contributed by atoms with E-state index in [9.17, 15) is 9.65 Å². The van der Waals surface area contributed by atoms with Gasteiger partial charge in [0.05, 0.1) is 17.8 Å². The normalized spacial score (nSPS) is 15.2. The molecule has 28 heavy (non-hydrogen) atoms. The number of nitriles is 1. The Labute approximate surface area is 162 Å². The Morgan fingerprint density at radius 1 is 1.00 bits per heavy atom. The predicted octanol–water partition coefficient (Wildman–Crippen LogP) is 3.46. The summed E-state index contributed by atoms with van der Waals surface area (Å²) < 4.78 is 18.8. The zero-order chi connectivity index (χ0) is 19.3. The van der Waals surface area contributed by atoms with Gasteiger partial charge in [-0.25, -0.2) is 4.39 Å². The predicted molar refractivity (Wildman–Crippen MR) is 103 cm³/mol. The first-order chi connectivity index (χ1) is 13.7. The van der Waals surface area contributed by atoms with Gasteiger partial charge in [-0.05, 0) is 42.8 Å². The molecule has 0 atom stereocenters. The van der Waals surface area contributed by atoms with Gasteiger partial charge in [-0.15, -0.1) is 10.2 Å². The van der Waals surface area contributed by atoms with E-state index in [1.54, 1.807) is 12.1 Å². The monoisotopic (exact) mass is 377 g/mol. The molecule has 2 heterocycles. The molecule has 0 unspecified atom stereocenters. The minimum absolute atomic E-state index is 0.296. The van der Waals surface area contributed by atoms with Crippen molar-refractivity contribution < 1.29 is 8.81 Å². The summed E-state index contributed by atoms with van der Waals surface area (Å²) >= 11 is 0. The first kappa shape index (κ1) is 18.1. The first-order valence-electron chi connectivity index (χ1n) is 9.28. The average Bonchev–Trinajstić information content (AvgIpc) is 3.06. The van der Waals surface area contributed by atoms with Gasteiger partial charge in [-0.3, -0.25) is 4.90 Å². The largest absolute Gasteiger partial charge is 0.419 e. The van der Waals surface area contributed by atoms with Gasteiger partial charge in [0.15, 0.2) is 0 Å². The highest BCUT2D eigenvalue weighted by Gasteiger charge is 2.19. The molecular formula is C21H20FN5O. The maximum Gasteiger partial charge on any atom is 0.247 e. The zero-order valence-corrected chi connectivity index (χ0v) is 15.4. The molecule has 1 saturated heterocycles. The van der Waals surface area contributed by atoms with Crippen LogP contribution in [0.4, 0.5) is 10.1 Å². The fourth-order valence-electron chi connectivity index (χ4n) is 3.43. The number of aromatic nitrogens is 2. The fraction of sp³-hybridized carbons (Fsp3) is 0.286. The van der Waals surface area contributed by atoms with Gasteiger partial charge in [0.1, 0.15) is 11.9 Å². The third kappa shape index (κ3) is 4.02. The summed E-state index contributed by atoms with van der Waals surface area (Å²) in [6.45, 7) is 4.06. The molecule has 1 aliphatic rings. The van der Waals surface area contributed by atoms with Gasteiger partial charge >= 0.3 is 0 Å². The SMILES string of the molecule is N#Cc1ccccc1N1CCCN(Cc2nnc(-c3ccc(F)cc3)o2)CC1. The molecule has 6 nitrogen and oxygen atoms in total. The summed E-state index contributed by atoms with van der Waals surface area (Å²) in [6.07, 6.45) is 0.985. The van der Waals surface area contributed by atoms with Crippen LogP contribution in [-0.2, 0) is 6.54 Å². The van der Waals surface area contributed by atoms with Crippen LogP contribution in [-0.4, -0.2) is 41.3 Å². The van der Waals surface area contributed by atoms with Crippen LogP contribution < -0.4 is 4.90 Å². The van der Waals surface area contributed by atoms with Gasteiger partial charge in [0, 0.05) is 31.7 Å². The Kier molecular flexibility index (Phi) is 5.31. The summed E-state index contributed by atoms with van der Waals surface area (Å²) in [6, 6.07) is 16.0. The van der Waals surface area contributed by atoms with Crippen molar-refractivity contribution in [3.8, 4) is 17.5 Å². The molecule has 0 spiro atoms. The third-order valence-corrected chi connectivity index (χ3v) is 4.87. The second kappa shape index (κ2) is 8.19. The Morgan fingerprint density at radius 3 is 2.64 bits per heavy atom. The van der Waals surface area contributed by atoms with Crippen LogP contribution >= 0.6 is 0 Å². The van der Waals surface area contributed by atoms with Crippen molar-refractivity contribution in [3.63, 3.8) is 0 Å². The second-order valence-electron chi connectivity index (χ2n) is 6.75. The topological polar surface area (TPSA) is 69.2 Å². The van der Waals surface area contributed by atoms with Crippen molar-refractivity contribution in [1.29, 1.82) is 5.26 Å². The van der Waals surface area contributed by atoms with Crippen LogP contribution in [0.5, 0.6) is 0 Å². The Bertz CT molecular complexity index is 979. The van der Waals surface area contributed by atoms with E-state index >= 15 is 0 Å². The molecule has 0 radical (unpaired) electrons. The minimum atomic E-state index is -0.296. The van der Waals surface area contributed by atoms with Crippen LogP contribution in [0.25, 0.3) is 11.5 Å². The average molecular weight is 377 g/mol. The van der Waals surface area contributed by atoms with E-state index in [2.05, 4.69) is 26.1 Å². The van der Waals surface area contributed by atoms with Crippen molar-refractivity contribution in [2.24, 2.45) is 0 Å². The van der Waals surface area contributed by atoms with Crippen molar-refractivity contribution in [2.75, 3.05) is 31.1 Å². The summed E-state index contributed by atoms with van der Waals surface area (Å²) in [5, 5.41) is 17.6. The highest BCUT2D eigenvalue weighted by molar-refractivity contribution is 5.59. The van der Waals surface area contributed by atoms with Crippen LogP contribution in [0.15, 0.2) is 52.9 Å². The van der Waals surface area contributed by atoms with Crippen molar-refractivity contribution in [3.05, 3.63) is 65.8 Å². The van der Waals surface area contributed by atoms with Crippen LogP contribution in [0.2, 0.25) is 0 Å². The molecule has 0 saturated carbocycles. The molecular weight excluding hydrogens is 357 g/mol. The molecule has 1 aliphatic heterocycles. The highest BCUT2D eigenvalue weighted by Crippen LogP contribution is 2.22. The molecule has 1 fully saturated rings. The number of hydrogen-bond donors (Lipinski definition) is 0. The molecule has 3 aromatic rings. The van der Waals surface area contributed by atoms with Gasteiger partial charge in [0.2, 0.25) is 11.8 Å². The number of halogens is 1. The standard InChI is InChI=1S/C21H20FN5O/c22-18-8-6-16(7-9-18)21-25-24-20(28-21)15-26-10-3-11-27(13-12-26)19-5-2-1-4-17(19)14-23/h1-2,4-9H,3,10-13,15H2. The van der Waals surface area contributed by atoms with Crippen molar-refractivity contribution in [2.45, 2.75) is 13.0 Å². The first-order valence-corrected chi connectivity index (χ1v) is 9.28. The summed E-state index contributed by atoms with van der Waals surface area (Å²) in [5.41, 5.74) is 2.40. The molecule has 0 aliphatic carbocycles. The zero-order valence-electron chi connectivity index (χ0n) is 15.4. The number of hydrogen-bond acceptors (Lipinski definition) is 6. The Balaban J connectivity index is 1.40. The maximum absolute atomic E-state index is 13.1. The van der Waals surface area contributed by atoms with E-state index in [1.165, 1.54) is 12.1 Å². The smallest absolute Gasteiger partial charge is 0.247 e. The lowest BCUT2D eigenvalue weighted by Gasteiger charge is -2.24. The number of nitrogens with zero attached hydrogens (tertiary/aromatic N) is 5. The number of anilines is 1. The quantitative estimate of drug-likeness (QED) is 0.694. The Hall–Kier alpha value is -3.24. The van der Waals surface area contributed by atoms with Crippen LogP contribution in [0.3, 0.4) is 0 Å². The molecule has 0 amide bonds. The molecule has 0 N–H and O–H groups in total. The molecule has 4 rings (SSSR count). The second-order valence-corrected chi connectivity index (χ2v) is 6.75. The van der Waals surface area contributed by atoms with E-state index in [-0.39, 0.29) is 5.82 Å². The molecule has 1 aromatic heterocycles. The van der Waals surface area contributed by atoms with Gasteiger partial charge in [-0.2, -0.15) is 5.26 Å². The van der Waals surface area contributed by atoms with Crippen molar-refractivity contribution in [1.82, 2.24) is 15.1 Å². The van der Waals surface area contributed by atoms with E-state index < -0.39 is 0 Å². The summed E-state index contributed by atoms with van der Waals surface area (Å²) in [5.74, 6) is 0.648. The minimum Gasteiger partial charge on any atom is -0.419 e. The number of rotatable bonds is 4. The summed E-state index contributed by atoms with van der Waals surface area (Å²) in [4.78, 5) is 4.53. The number of para-hydroxylation sites is 1. The van der Waals surface area contributed by atoms with E-state index in [0.29, 0.717) is 29.5 Å². The molecule has 142 valence electrons. The lowest BCUT2D eigenvalue weighted by atomic mass is 10.1. The lowest BCUT2D eigenvalue weighted by Crippen LogP contribution is -2.31. The highest BCUT2D eigenvalue weighted by atomic mass is 19.1. The number of benzene rings is 2. The third-order valence-electron chi connectivity index (χ3n) is 4.87. The maximum atomic E-state index is 13.1. The lowest BCUT2D eigenvalue weighted by molar-refractivity contribution is 0.256. The Morgan fingerprint density at radius 2 is 1.82 bits per heavy atom. The summed E-state index contributed by atoms with van der Waals surface area (Å²) in [7, 11) is 0. The molecule has 2 aromatic carbocycles. The van der Waals surface area contributed by atoms with Gasteiger partial charge in [0.25, 0.3) is 0 Å². The van der Waals surface area contributed by atoms with Gasteiger partial charge < -0.3 is 9.32 Å². The van der Waals surface area contributed by atoms with E-state index in [4.69, 9.17) is 4.42 Å². The van der Waals surface area contributed by atoms with E-state index in [1.807, 2.05) is 24.3 Å². The van der Waals surface area contributed by atoms with Crippen LogP contribution in [0.1, 0.15) is 17.9 Å². The van der Waals surface area contributed by atoms with Crippen molar-refractivity contribution >= 4 is 5.69 Å². The molecule has 0 bridgehead atoms. The van der Waals surface area contributed by atoms with Gasteiger partial charge in [-0.1, -0.05) is 12.1 Å².